The molecule has 5 heteroatoms. The molecule has 0 aliphatic rings. The monoisotopic (exact) mass is 288 g/mol. The van der Waals surface area contributed by atoms with E-state index in [1.54, 1.807) is 20.0 Å². The second kappa shape index (κ2) is 7.07. The molecule has 2 nitrogen and oxygen atoms in total. The number of hydrogen-bond donors (Lipinski definition) is 0. The van der Waals surface area contributed by atoms with Crippen molar-refractivity contribution in [3.05, 3.63) is 29.1 Å². The highest BCUT2D eigenvalue weighted by Crippen LogP contribution is 2.34. The Balaban J connectivity index is 3.06. The smallest absolute Gasteiger partial charge is 0.299 e. The molecule has 1 aromatic rings. The van der Waals surface area contributed by atoms with Crippen molar-refractivity contribution in [2.24, 2.45) is 0 Å². The average Bonchev–Trinajstić information content (AvgIpc) is 2.36. The Morgan fingerprint density at radius 1 is 1.25 bits per heavy atom. The van der Waals surface area contributed by atoms with E-state index in [0.717, 1.165) is 19.5 Å². The van der Waals surface area contributed by atoms with E-state index in [-0.39, 0.29) is 11.6 Å². The topological polar surface area (TPSA) is 16.1 Å². The summed E-state index contributed by atoms with van der Waals surface area (Å²) in [6.45, 7) is 9.74. The highest BCUT2D eigenvalue weighted by molar-refractivity contribution is 5.30. The number of hydrogen-bond acceptors (Lipinski definition) is 2. The predicted octanol–water partition coefficient (Wildman–Crippen LogP) is 4.46. The molecular weight excluding hydrogens is 265 g/mol. The van der Waals surface area contributed by atoms with Crippen LogP contribution in [0.15, 0.2) is 12.3 Å². The van der Waals surface area contributed by atoms with Gasteiger partial charge < -0.3 is 0 Å². The van der Waals surface area contributed by atoms with Gasteiger partial charge in [0, 0.05) is 12.7 Å². The van der Waals surface area contributed by atoms with E-state index < -0.39 is 11.7 Å². The molecule has 1 aromatic heterocycles. The van der Waals surface area contributed by atoms with Crippen LogP contribution in [0.5, 0.6) is 0 Å². The second-order valence-corrected chi connectivity index (χ2v) is 5.30. The van der Waals surface area contributed by atoms with Crippen molar-refractivity contribution in [2.75, 3.05) is 13.1 Å². The molecular formula is C15H23F3N2. The fraction of sp³-hybridized carbons (Fsp3) is 0.667. The minimum absolute atomic E-state index is 0.125. The van der Waals surface area contributed by atoms with Crippen molar-refractivity contribution in [1.29, 1.82) is 0 Å². The summed E-state index contributed by atoms with van der Waals surface area (Å²) in [6.07, 6.45) is -1.79. The maximum absolute atomic E-state index is 13.1. The van der Waals surface area contributed by atoms with Crippen LogP contribution in [-0.2, 0) is 12.7 Å². The van der Waals surface area contributed by atoms with Crippen molar-refractivity contribution >= 4 is 0 Å². The maximum Gasteiger partial charge on any atom is 0.418 e. The number of aromatic nitrogens is 1. The molecule has 1 heterocycles. The van der Waals surface area contributed by atoms with E-state index >= 15 is 0 Å². The van der Waals surface area contributed by atoms with Gasteiger partial charge in [0.2, 0.25) is 0 Å². The molecule has 0 bridgehead atoms. The Bertz CT molecular complexity index is 428. The fourth-order valence-electron chi connectivity index (χ4n) is 2.22. The molecule has 0 amide bonds. The van der Waals surface area contributed by atoms with Crippen LogP contribution < -0.4 is 0 Å². The van der Waals surface area contributed by atoms with E-state index in [1.807, 2.05) is 6.92 Å². The Morgan fingerprint density at radius 2 is 1.90 bits per heavy atom. The van der Waals surface area contributed by atoms with Crippen LogP contribution in [-0.4, -0.2) is 23.0 Å². The molecule has 114 valence electrons. The molecule has 20 heavy (non-hydrogen) atoms. The summed E-state index contributed by atoms with van der Waals surface area (Å²) in [6, 6.07) is 1.25. The maximum atomic E-state index is 13.1. The van der Waals surface area contributed by atoms with Crippen LogP contribution in [0.1, 0.15) is 56.9 Å². The molecule has 0 saturated carbocycles. The normalized spacial score (nSPS) is 12.4. The quantitative estimate of drug-likeness (QED) is 0.768. The van der Waals surface area contributed by atoms with Gasteiger partial charge >= 0.3 is 6.18 Å². The molecule has 0 saturated heterocycles. The molecule has 0 spiro atoms. The zero-order valence-electron chi connectivity index (χ0n) is 12.6. The first-order valence-corrected chi connectivity index (χ1v) is 7.07. The van der Waals surface area contributed by atoms with Gasteiger partial charge in [0.05, 0.1) is 11.3 Å². The van der Waals surface area contributed by atoms with E-state index in [2.05, 4.69) is 16.8 Å². The van der Waals surface area contributed by atoms with Gasteiger partial charge in [-0.3, -0.25) is 9.88 Å². The van der Waals surface area contributed by atoms with Gasteiger partial charge in [0.15, 0.2) is 0 Å². The SMILES string of the molecule is CCCN(CC)Cc1cnc(C(C)C)c(C(F)(F)F)c1. The van der Waals surface area contributed by atoms with Gasteiger partial charge in [-0.1, -0.05) is 27.7 Å². The van der Waals surface area contributed by atoms with Crippen molar-refractivity contribution in [1.82, 2.24) is 9.88 Å². The van der Waals surface area contributed by atoms with Gasteiger partial charge in [-0.25, -0.2) is 0 Å². The molecule has 0 aromatic carbocycles. The highest BCUT2D eigenvalue weighted by atomic mass is 19.4. The standard InChI is InChI=1S/C15H23F3N2/c1-5-7-20(6-2)10-12-8-13(15(16,17)18)14(11(3)4)19-9-12/h8-9,11H,5-7,10H2,1-4H3. The first-order chi connectivity index (χ1) is 9.29. The molecule has 0 aliphatic heterocycles. The summed E-state index contributed by atoms with van der Waals surface area (Å²) >= 11 is 0. The predicted molar refractivity (Wildman–Crippen MR) is 74.6 cm³/mol. The van der Waals surface area contributed by atoms with Gasteiger partial charge in [0.25, 0.3) is 0 Å². The second-order valence-electron chi connectivity index (χ2n) is 5.30. The third-order valence-electron chi connectivity index (χ3n) is 3.22. The lowest BCUT2D eigenvalue weighted by atomic mass is 10.0. The number of rotatable bonds is 6. The molecule has 0 aliphatic carbocycles. The molecule has 0 atom stereocenters. The van der Waals surface area contributed by atoms with Gasteiger partial charge in [-0.05, 0) is 37.1 Å². The zero-order valence-corrected chi connectivity index (χ0v) is 12.6. The fourth-order valence-corrected chi connectivity index (χ4v) is 2.22. The minimum Gasteiger partial charge on any atom is -0.299 e. The minimum atomic E-state index is -4.34. The Kier molecular flexibility index (Phi) is 5.99. The molecule has 1 rings (SSSR count). The lowest BCUT2D eigenvalue weighted by molar-refractivity contribution is -0.138. The largest absolute Gasteiger partial charge is 0.418 e. The summed E-state index contributed by atoms with van der Waals surface area (Å²) < 4.78 is 39.3. The van der Waals surface area contributed by atoms with Crippen molar-refractivity contribution in [3.8, 4) is 0 Å². The summed E-state index contributed by atoms with van der Waals surface area (Å²) in [4.78, 5) is 6.16. The third-order valence-corrected chi connectivity index (χ3v) is 3.22. The Morgan fingerprint density at radius 3 is 2.35 bits per heavy atom. The lowest BCUT2D eigenvalue weighted by Crippen LogP contribution is -2.24. The van der Waals surface area contributed by atoms with Crippen molar-refractivity contribution in [2.45, 2.75) is 52.8 Å². The van der Waals surface area contributed by atoms with Crippen LogP contribution >= 0.6 is 0 Å². The third kappa shape index (κ3) is 4.47. The molecule has 0 unspecified atom stereocenters. The van der Waals surface area contributed by atoms with Gasteiger partial charge in [-0.15, -0.1) is 0 Å². The van der Waals surface area contributed by atoms with E-state index in [4.69, 9.17) is 0 Å². The van der Waals surface area contributed by atoms with Gasteiger partial charge in [-0.2, -0.15) is 13.2 Å². The number of alkyl halides is 3. The van der Waals surface area contributed by atoms with Crippen LogP contribution in [0.25, 0.3) is 0 Å². The van der Waals surface area contributed by atoms with Crippen molar-refractivity contribution in [3.63, 3.8) is 0 Å². The summed E-state index contributed by atoms with van der Waals surface area (Å²) in [5, 5.41) is 0. The van der Waals surface area contributed by atoms with E-state index in [9.17, 15) is 13.2 Å². The molecule has 0 radical (unpaired) electrons. The first-order valence-electron chi connectivity index (χ1n) is 7.07. The Labute approximate surface area is 119 Å². The summed E-state index contributed by atoms with van der Waals surface area (Å²) in [7, 11) is 0. The van der Waals surface area contributed by atoms with E-state index in [1.165, 1.54) is 6.07 Å². The van der Waals surface area contributed by atoms with Crippen molar-refractivity contribution < 1.29 is 13.2 Å². The first kappa shape index (κ1) is 17.0. The zero-order chi connectivity index (χ0) is 15.3. The van der Waals surface area contributed by atoms with Gasteiger partial charge in [0.1, 0.15) is 0 Å². The number of nitrogens with zero attached hydrogens (tertiary/aromatic N) is 2. The number of halogens is 3. The Hall–Kier alpha value is -1.10. The number of pyridine rings is 1. The molecule has 0 N–H and O–H groups in total. The summed E-state index contributed by atoms with van der Waals surface area (Å²) in [5.74, 6) is -0.237. The lowest BCUT2D eigenvalue weighted by Gasteiger charge is -2.21. The highest BCUT2D eigenvalue weighted by Gasteiger charge is 2.35. The van der Waals surface area contributed by atoms with Crippen LogP contribution in [0, 0.1) is 0 Å². The van der Waals surface area contributed by atoms with Crippen LogP contribution in [0.3, 0.4) is 0 Å². The van der Waals surface area contributed by atoms with Crippen LogP contribution in [0.2, 0.25) is 0 Å². The van der Waals surface area contributed by atoms with Crippen LogP contribution in [0.4, 0.5) is 13.2 Å². The van der Waals surface area contributed by atoms with E-state index in [0.29, 0.717) is 12.1 Å². The summed E-state index contributed by atoms with van der Waals surface area (Å²) in [5.41, 5.74) is 0.148. The molecule has 0 fully saturated rings. The average molecular weight is 288 g/mol.